The van der Waals surface area contributed by atoms with Gasteiger partial charge in [0.05, 0.1) is 6.04 Å². The van der Waals surface area contributed by atoms with Gasteiger partial charge >= 0.3 is 0 Å². The number of carbonyl (C=O) groups is 1. The van der Waals surface area contributed by atoms with Crippen LogP contribution in [0.4, 0.5) is 0 Å². The van der Waals surface area contributed by atoms with Crippen LogP contribution in [0.25, 0.3) is 0 Å². The predicted molar refractivity (Wildman–Crippen MR) is 112 cm³/mol. The fraction of sp³-hybridized carbons (Fsp3) is 0.708. The third-order valence-corrected chi connectivity index (χ3v) is 5.93. The van der Waals surface area contributed by atoms with Crippen LogP contribution in [0, 0.1) is 5.92 Å². The maximum atomic E-state index is 12.2. The van der Waals surface area contributed by atoms with Crippen LogP contribution in [0.5, 0.6) is 0 Å². The topological polar surface area (TPSA) is 40.5 Å². The minimum Gasteiger partial charge on any atom is -0.286 e. The molecule has 3 nitrogen and oxygen atoms in total. The first-order chi connectivity index (χ1) is 13.2. The lowest BCUT2D eigenvalue weighted by molar-refractivity contribution is -0.186. The van der Waals surface area contributed by atoms with Crippen molar-refractivity contribution in [1.29, 1.82) is 0 Å². The molecule has 1 amide bonds. The zero-order chi connectivity index (χ0) is 19.3. The Labute approximate surface area is 166 Å². The van der Waals surface area contributed by atoms with Crippen molar-refractivity contribution in [3.05, 3.63) is 35.9 Å². The average molecular weight is 374 g/mol. The number of rotatable bonds is 13. The zero-order valence-corrected chi connectivity index (χ0v) is 17.2. The first-order valence-corrected chi connectivity index (χ1v) is 11.3. The molecule has 1 aromatic rings. The van der Waals surface area contributed by atoms with E-state index in [1.807, 2.05) is 6.07 Å². The summed E-state index contributed by atoms with van der Waals surface area (Å²) in [7, 11) is 0. The third kappa shape index (κ3) is 8.47. The van der Waals surface area contributed by atoms with Gasteiger partial charge in [0.1, 0.15) is 0 Å². The highest BCUT2D eigenvalue weighted by Crippen LogP contribution is 2.29. The molecular formula is C24H39NO2. The molecular weight excluding hydrogens is 334 g/mol. The number of hydroxylamine groups is 2. The first kappa shape index (κ1) is 21.9. The van der Waals surface area contributed by atoms with E-state index in [1.165, 1.54) is 63.4 Å². The number of benzene rings is 1. The Morgan fingerprint density at radius 1 is 0.926 bits per heavy atom. The van der Waals surface area contributed by atoms with E-state index in [4.69, 9.17) is 0 Å². The fourth-order valence-electron chi connectivity index (χ4n) is 4.32. The molecule has 2 atom stereocenters. The molecule has 1 saturated heterocycles. The van der Waals surface area contributed by atoms with Crippen molar-refractivity contribution in [2.75, 3.05) is 0 Å². The number of nitrogens with zero attached hydrogens (tertiary/aromatic N) is 1. The van der Waals surface area contributed by atoms with Gasteiger partial charge in [-0.05, 0) is 30.7 Å². The molecule has 0 aromatic heterocycles. The standard InChI is InChI=1S/C24H39NO2/c1-2-3-4-5-6-7-8-9-10-14-17-23-19-22(20-24(26)25(23)27)18-21-15-12-11-13-16-21/h11-13,15-16,22-23,27H,2-10,14,17-20H2,1H3/t22-,23+/m1/s1. The molecule has 1 N–H and O–H groups in total. The minimum absolute atomic E-state index is 0.00834. The maximum Gasteiger partial charge on any atom is 0.246 e. The summed E-state index contributed by atoms with van der Waals surface area (Å²) in [4.78, 5) is 12.2. The summed E-state index contributed by atoms with van der Waals surface area (Å²) >= 11 is 0. The molecule has 1 aromatic carbocycles. The van der Waals surface area contributed by atoms with Gasteiger partial charge in [-0.2, -0.15) is 0 Å². The highest BCUT2D eigenvalue weighted by molar-refractivity contribution is 5.76. The number of carbonyl (C=O) groups excluding carboxylic acids is 1. The number of hydrogen-bond donors (Lipinski definition) is 1. The smallest absolute Gasteiger partial charge is 0.246 e. The largest absolute Gasteiger partial charge is 0.286 e. The van der Waals surface area contributed by atoms with E-state index in [-0.39, 0.29) is 11.9 Å². The van der Waals surface area contributed by atoms with Crippen molar-refractivity contribution in [2.24, 2.45) is 5.92 Å². The molecule has 1 heterocycles. The highest BCUT2D eigenvalue weighted by atomic mass is 16.5. The Hall–Kier alpha value is -1.35. The number of hydrogen-bond acceptors (Lipinski definition) is 2. The normalized spacial score (nSPS) is 20.2. The predicted octanol–water partition coefficient (Wildman–Crippen LogP) is 6.54. The summed E-state index contributed by atoms with van der Waals surface area (Å²) in [6.07, 6.45) is 16.4. The minimum atomic E-state index is -0.0979. The SMILES string of the molecule is CCCCCCCCCCCC[C@H]1C[C@@H](Cc2ccccc2)CC(=O)N1O. The Balaban J connectivity index is 1.60. The molecule has 1 fully saturated rings. The summed E-state index contributed by atoms with van der Waals surface area (Å²) in [5.41, 5.74) is 1.29. The molecule has 0 saturated carbocycles. The number of piperidine rings is 1. The van der Waals surface area contributed by atoms with Crippen molar-refractivity contribution in [1.82, 2.24) is 5.06 Å². The Bertz CT molecular complexity index is 516. The number of amides is 1. The van der Waals surface area contributed by atoms with E-state index >= 15 is 0 Å². The molecule has 1 aliphatic rings. The van der Waals surface area contributed by atoms with Crippen LogP contribution in [-0.2, 0) is 11.2 Å². The van der Waals surface area contributed by atoms with Crippen LogP contribution in [0.1, 0.15) is 96.0 Å². The van der Waals surface area contributed by atoms with Gasteiger partial charge in [0, 0.05) is 6.42 Å². The highest BCUT2D eigenvalue weighted by Gasteiger charge is 2.32. The van der Waals surface area contributed by atoms with Crippen LogP contribution < -0.4 is 0 Å². The van der Waals surface area contributed by atoms with E-state index in [0.717, 1.165) is 30.7 Å². The van der Waals surface area contributed by atoms with Crippen LogP contribution in [0.15, 0.2) is 30.3 Å². The Morgan fingerprint density at radius 3 is 2.15 bits per heavy atom. The van der Waals surface area contributed by atoms with Crippen molar-refractivity contribution in [3.8, 4) is 0 Å². The monoisotopic (exact) mass is 373 g/mol. The van der Waals surface area contributed by atoms with Crippen molar-refractivity contribution in [3.63, 3.8) is 0 Å². The Kier molecular flexibility index (Phi) is 10.5. The molecule has 27 heavy (non-hydrogen) atoms. The maximum absolute atomic E-state index is 12.2. The lowest BCUT2D eigenvalue weighted by atomic mass is 9.85. The van der Waals surface area contributed by atoms with Gasteiger partial charge in [0.25, 0.3) is 0 Å². The summed E-state index contributed by atoms with van der Waals surface area (Å²) < 4.78 is 0. The number of unbranched alkanes of at least 4 members (excludes halogenated alkanes) is 9. The van der Waals surface area contributed by atoms with Crippen LogP contribution in [0.3, 0.4) is 0 Å². The van der Waals surface area contributed by atoms with Gasteiger partial charge in [-0.15, -0.1) is 0 Å². The van der Waals surface area contributed by atoms with Crippen LogP contribution in [-0.4, -0.2) is 22.2 Å². The average Bonchev–Trinajstić information content (AvgIpc) is 2.67. The second-order valence-corrected chi connectivity index (χ2v) is 8.36. The molecule has 3 heteroatoms. The van der Waals surface area contributed by atoms with Crippen molar-refractivity contribution >= 4 is 5.91 Å². The summed E-state index contributed by atoms with van der Waals surface area (Å²) in [5, 5.41) is 11.2. The molecule has 0 radical (unpaired) electrons. The molecule has 0 unspecified atom stereocenters. The molecule has 0 bridgehead atoms. The second kappa shape index (κ2) is 12.9. The lowest BCUT2D eigenvalue weighted by Gasteiger charge is -2.35. The van der Waals surface area contributed by atoms with E-state index in [9.17, 15) is 10.0 Å². The summed E-state index contributed by atoms with van der Waals surface area (Å²) in [5.74, 6) is 0.260. The molecule has 1 aliphatic heterocycles. The van der Waals surface area contributed by atoms with E-state index < -0.39 is 0 Å². The quantitative estimate of drug-likeness (QED) is 0.315. The van der Waals surface area contributed by atoms with Gasteiger partial charge in [-0.3, -0.25) is 10.0 Å². The second-order valence-electron chi connectivity index (χ2n) is 8.36. The van der Waals surface area contributed by atoms with Gasteiger partial charge in [-0.1, -0.05) is 101 Å². The lowest BCUT2D eigenvalue weighted by Crippen LogP contribution is -2.44. The van der Waals surface area contributed by atoms with E-state index in [0.29, 0.717) is 12.3 Å². The summed E-state index contributed by atoms with van der Waals surface area (Å²) in [6, 6.07) is 10.4. The third-order valence-electron chi connectivity index (χ3n) is 5.93. The molecule has 0 spiro atoms. The zero-order valence-electron chi connectivity index (χ0n) is 17.2. The summed E-state index contributed by atoms with van der Waals surface area (Å²) in [6.45, 7) is 2.26. The molecule has 2 rings (SSSR count). The van der Waals surface area contributed by atoms with E-state index in [2.05, 4.69) is 31.2 Å². The van der Waals surface area contributed by atoms with Crippen molar-refractivity contribution in [2.45, 2.75) is 103 Å². The van der Waals surface area contributed by atoms with Gasteiger partial charge in [0.2, 0.25) is 5.91 Å². The fourth-order valence-corrected chi connectivity index (χ4v) is 4.32. The van der Waals surface area contributed by atoms with Gasteiger partial charge in [-0.25, -0.2) is 5.06 Å². The first-order valence-electron chi connectivity index (χ1n) is 11.3. The molecule has 0 aliphatic carbocycles. The Morgan fingerprint density at radius 2 is 1.52 bits per heavy atom. The van der Waals surface area contributed by atoms with Crippen molar-refractivity contribution < 1.29 is 10.0 Å². The van der Waals surface area contributed by atoms with Crippen LogP contribution in [0.2, 0.25) is 0 Å². The molecule has 152 valence electrons. The van der Waals surface area contributed by atoms with Gasteiger partial charge in [0.15, 0.2) is 0 Å². The van der Waals surface area contributed by atoms with Gasteiger partial charge < -0.3 is 0 Å². The van der Waals surface area contributed by atoms with E-state index in [1.54, 1.807) is 0 Å². The van der Waals surface area contributed by atoms with Crippen LogP contribution >= 0.6 is 0 Å².